The maximum absolute atomic E-state index is 12.8. The molecule has 0 aliphatic heterocycles. The quantitative estimate of drug-likeness (QED) is 0.132. The number of benzene rings is 2. The first-order valence-electron chi connectivity index (χ1n) is 17.1. The highest BCUT2D eigenvalue weighted by atomic mass is 16.5. The second kappa shape index (κ2) is 14.8. The van der Waals surface area contributed by atoms with E-state index in [1.165, 1.54) is 49.7 Å². The molecule has 0 radical (unpaired) electrons. The van der Waals surface area contributed by atoms with Crippen molar-refractivity contribution in [1.82, 2.24) is 0 Å². The first-order chi connectivity index (χ1) is 21.3. The number of aliphatic carboxylic acids is 1. The molecule has 0 unspecified atom stereocenters. The van der Waals surface area contributed by atoms with E-state index >= 15 is 0 Å². The summed E-state index contributed by atoms with van der Waals surface area (Å²) in [4.78, 5) is 35.5. The Kier molecular flexibility index (Phi) is 10.8. The fourth-order valence-electron chi connectivity index (χ4n) is 8.94. The summed E-state index contributed by atoms with van der Waals surface area (Å²) in [5.41, 5.74) is 3.34. The van der Waals surface area contributed by atoms with E-state index in [2.05, 4.69) is 19.1 Å². The predicted octanol–water partition coefficient (Wildman–Crippen LogP) is 8.91. The lowest BCUT2D eigenvalue weighted by molar-refractivity contribution is -0.155. The van der Waals surface area contributed by atoms with Crippen LogP contribution in [0.3, 0.4) is 0 Å². The van der Waals surface area contributed by atoms with Crippen LogP contribution in [0.1, 0.15) is 131 Å². The maximum Gasteiger partial charge on any atom is 0.343 e. The summed E-state index contributed by atoms with van der Waals surface area (Å²) in [5, 5.41) is 8.81. The Labute approximate surface area is 262 Å². The lowest BCUT2D eigenvalue weighted by atomic mass is 9.52. The van der Waals surface area contributed by atoms with Crippen LogP contribution in [-0.4, -0.2) is 29.1 Å². The van der Waals surface area contributed by atoms with Crippen molar-refractivity contribution in [3.63, 3.8) is 0 Å². The third kappa shape index (κ3) is 7.55. The summed E-state index contributed by atoms with van der Waals surface area (Å²) in [7, 11) is 0. The lowest BCUT2D eigenvalue weighted by Gasteiger charge is -2.53. The Hall–Kier alpha value is -3.15. The van der Waals surface area contributed by atoms with Crippen molar-refractivity contribution in [2.75, 3.05) is 0 Å². The smallest absolute Gasteiger partial charge is 0.343 e. The molecule has 0 spiro atoms. The van der Waals surface area contributed by atoms with Gasteiger partial charge in [0.05, 0.1) is 5.56 Å². The average Bonchev–Trinajstić information content (AvgIpc) is 3.33. The van der Waals surface area contributed by atoms with Crippen molar-refractivity contribution in [2.24, 2.45) is 23.2 Å². The van der Waals surface area contributed by atoms with Crippen molar-refractivity contribution in [3.05, 3.63) is 65.2 Å². The van der Waals surface area contributed by atoms with Crippen LogP contribution in [0.4, 0.5) is 0 Å². The molecule has 3 aliphatic carbocycles. The van der Waals surface area contributed by atoms with Gasteiger partial charge in [0.15, 0.2) is 0 Å². The highest BCUT2D eigenvalue weighted by Crippen LogP contribution is 2.63. The number of rotatable bonds is 14. The van der Waals surface area contributed by atoms with E-state index in [0.717, 1.165) is 51.4 Å². The van der Waals surface area contributed by atoms with Crippen molar-refractivity contribution < 1.29 is 29.0 Å². The zero-order chi connectivity index (χ0) is 31.1. The van der Waals surface area contributed by atoms with Crippen molar-refractivity contribution in [3.8, 4) is 5.75 Å². The number of carbonyl (C=O) groups is 3. The normalized spacial score (nSPS) is 27.1. The zero-order valence-corrected chi connectivity index (χ0v) is 26.6. The Bertz CT molecular complexity index is 1290. The van der Waals surface area contributed by atoms with Gasteiger partial charge in [-0.1, -0.05) is 76.1 Å². The molecule has 44 heavy (non-hydrogen) atoms. The number of unbranched alkanes of at least 4 members (excludes halogenated alkanes) is 7. The number of fused-ring (bicyclic) bond motifs is 5. The molecule has 0 aromatic heterocycles. The third-order valence-electron chi connectivity index (χ3n) is 11.0. The molecular weight excluding hydrogens is 552 g/mol. The molecule has 6 atom stereocenters. The first-order valence-corrected chi connectivity index (χ1v) is 17.1. The standard InChI is InChI=1S/C38H50O6/c1-26(39)43-34-21-20-33-36-28(16-10-7-5-3-4-6-8-13-17-35(40)41)24-29-25-30(44-37(42)27-14-11-9-12-15-27)18-19-31(29)32(36)22-23-38(33,34)2/h9,11-12,14-15,18-19,25,28,32-34,36H,3-8,10,13,16-17,20-24H2,1-2H3,(H,40,41)/t28-,32-,33+,34+,36-,38+/m1/s1. The summed E-state index contributed by atoms with van der Waals surface area (Å²) >= 11 is 0. The third-order valence-corrected chi connectivity index (χ3v) is 11.0. The molecule has 0 bridgehead atoms. The molecule has 0 saturated heterocycles. The Balaban J connectivity index is 1.26. The van der Waals surface area contributed by atoms with Gasteiger partial charge in [0, 0.05) is 18.8 Å². The number of hydrogen-bond acceptors (Lipinski definition) is 5. The second-order valence-corrected chi connectivity index (χ2v) is 13.9. The molecular formula is C38H50O6. The minimum atomic E-state index is -0.695. The van der Waals surface area contributed by atoms with Gasteiger partial charge in [-0.15, -0.1) is 0 Å². The largest absolute Gasteiger partial charge is 0.481 e. The van der Waals surface area contributed by atoms with Gasteiger partial charge in [0.2, 0.25) is 0 Å². The summed E-state index contributed by atoms with van der Waals surface area (Å²) in [6.07, 6.45) is 15.7. The average molecular weight is 603 g/mol. The van der Waals surface area contributed by atoms with Gasteiger partial charge in [-0.05, 0) is 104 Å². The summed E-state index contributed by atoms with van der Waals surface area (Å²) < 4.78 is 11.7. The number of carboxylic acids is 1. The van der Waals surface area contributed by atoms with E-state index in [1.54, 1.807) is 19.1 Å². The van der Waals surface area contributed by atoms with Crippen LogP contribution < -0.4 is 4.74 Å². The van der Waals surface area contributed by atoms with Crippen molar-refractivity contribution in [2.45, 2.75) is 122 Å². The van der Waals surface area contributed by atoms with Gasteiger partial charge < -0.3 is 14.6 Å². The topological polar surface area (TPSA) is 89.9 Å². The van der Waals surface area contributed by atoms with E-state index in [4.69, 9.17) is 14.6 Å². The van der Waals surface area contributed by atoms with Crippen LogP contribution in [0.2, 0.25) is 0 Å². The Morgan fingerprint density at radius 3 is 2.30 bits per heavy atom. The van der Waals surface area contributed by atoms with Gasteiger partial charge >= 0.3 is 17.9 Å². The molecule has 6 nitrogen and oxygen atoms in total. The highest BCUT2D eigenvalue weighted by molar-refractivity contribution is 5.91. The molecule has 2 aromatic carbocycles. The van der Waals surface area contributed by atoms with Gasteiger partial charge in [-0.2, -0.15) is 0 Å². The van der Waals surface area contributed by atoms with E-state index < -0.39 is 5.97 Å². The predicted molar refractivity (Wildman–Crippen MR) is 171 cm³/mol. The molecule has 0 amide bonds. The van der Waals surface area contributed by atoms with Crippen molar-refractivity contribution in [1.29, 1.82) is 0 Å². The molecule has 3 aliphatic rings. The number of carboxylic acid groups (broad SMARTS) is 1. The fourth-order valence-corrected chi connectivity index (χ4v) is 8.94. The lowest BCUT2D eigenvalue weighted by Crippen LogP contribution is -2.48. The van der Waals surface area contributed by atoms with Crippen LogP contribution in [0.15, 0.2) is 48.5 Å². The van der Waals surface area contributed by atoms with Gasteiger partial charge in [0.25, 0.3) is 0 Å². The van der Waals surface area contributed by atoms with Gasteiger partial charge in [-0.25, -0.2) is 4.79 Å². The molecule has 1 N–H and O–H groups in total. The van der Waals surface area contributed by atoms with Crippen LogP contribution in [-0.2, 0) is 20.7 Å². The van der Waals surface area contributed by atoms with E-state index in [9.17, 15) is 14.4 Å². The molecule has 238 valence electrons. The maximum atomic E-state index is 12.8. The molecule has 2 fully saturated rings. The summed E-state index contributed by atoms with van der Waals surface area (Å²) in [6.45, 7) is 3.92. The van der Waals surface area contributed by atoms with E-state index in [0.29, 0.717) is 35.0 Å². The molecule has 2 saturated carbocycles. The molecule has 2 aromatic rings. The monoisotopic (exact) mass is 602 g/mol. The SMILES string of the molecule is CC(=O)O[C@H]1CC[C@H]2[C@@H]3[C@H](CCCCCCCCCCC(=O)O)Cc4cc(OC(=O)c5ccccc5)ccc4[C@H]3CC[C@]12C. The molecule has 0 heterocycles. The Morgan fingerprint density at radius 1 is 0.886 bits per heavy atom. The minimum Gasteiger partial charge on any atom is -0.481 e. The van der Waals surface area contributed by atoms with E-state index in [-0.39, 0.29) is 29.9 Å². The van der Waals surface area contributed by atoms with Crippen LogP contribution >= 0.6 is 0 Å². The molecule has 6 heteroatoms. The van der Waals surface area contributed by atoms with E-state index in [1.807, 2.05) is 24.3 Å². The number of carbonyl (C=O) groups excluding carboxylic acids is 2. The number of esters is 2. The van der Waals surface area contributed by atoms with Gasteiger partial charge in [-0.3, -0.25) is 9.59 Å². The van der Waals surface area contributed by atoms with Gasteiger partial charge in [0.1, 0.15) is 11.9 Å². The first kappa shape index (κ1) is 32.2. The van der Waals surface area contributed by atoms with Crippen molar-refractivity contribution >= 4 is 17.9 Å². The summed E-state index contributed by atoms with van der Waals surface area (Å²) in [6, 6.07) is 15.5. The molecule has 5 rings (SSSR count). The second-order valence-electron chi connectivity index (χ2n) is 13.9. The Morgan fingerprint density at radius 2 is 1.59 bits per heavy atom. The zero-order valence-electron chi connectivity index (χ0n) is 26.6. The van der Waals surface area contributed by atoms with Crippen LogP contribution in [0, 0.1) is 23.2 Å². The van der Waals surface area contributed by atoms with Crippen LogP contribution in [0.25, 0.3) is 0 Å². The minimum absolute atomic E-state index is 0.0169. The number of ether oxygens (including phenoxy) is 2. The number of hydrogen-bond donors (Lipinski definition) is 1. The highest BCUT2D eigenvalue weighted by Gasteiger charge is 2.58. The fraction of sp³-hybridized carbons (Fsp3) is 0.605. The summed E-state index contributed by atoms with van der Waals surface area (Å²) in [5.74, 6) is 1.61. The van der Waals surface area contributed by atoms with Crippen LogP contribution in [0.5, 0.6) is 5.75 Å².